The molecule has 17 heavy (non-hydrogen) atoms. The second kappa shape index (κ2) is 4.08. The number of aliphatic hydroxyl groups excluding tert-OH is 1. The lowest BCUT2D eigenvalue weighted by molar-refractivity contribution is 0.350. The second-order valence-corrected chi connectivity index (χ2v) is 4.17. The van der Waals surface area contributed by atoms with Gasteiger partial charge in [-0.1, -0.05) is 42.2 Å². The summed E-state index contributed by atoms with van der Waals surface area (Å²) < 4.78 is 0. The lowest BCUT2D eigenvalue weighted by Crippen LogP contribution is -1.83. The van der Waals surface area contributed by atoms with E-state index in [-0.39, 0.29) is 6.61 Å². The molecule has 1 aliphatic rings. The predicted molar refractivity (Wildman–Crippen MR) is 68.6 cm³/mol. The topological polar surface area (TPSA) is 20.2 Å². The van der Waals surface area contributed by atoms with E-state index < -0.39 is 0 Å². The Balaban J connectivity index is 2.07. The summed E-state index contributed by atoms with van der Waals surface area (Å²) in [5.41, 5.74) is 6.34. The minimum atomic E-state index is -0.0860. The van der Waals surface area contributed by atoms with Gasteiger partial charge in [0.15, 0.2) is 0 Å². The smallest absolute Gasteiger partial charge is 0.104 e. The van der Waals surface area contributed by atoms with Gasteiger partial charge >= 0.3 is 0 Å². The molecule has 0 saturated carbocycles. The number of hydrogen-bond acceptors (Lipinski definition) is 1. The van der Waals surface area contributed by atoms with Crippen molar-refractivity contribution in [2.24, 2.45) is 0 Å². The van der Waals surface area contributed by atoms with Gasteiger partial charge in [0.05, 0.1) is 0 Å². The van der Waals surface area contributed by atoms with Crippen LogP contribution in [0.5, 0.6) is 0 Å². The largest absolute Gasteiger partial charge is 0.384 e. The van der Waals surface area contributed by atoms with Gasteiger partial charge in [-0.05, 0) is 40.8 Å². The van der Waals surface area contributed by atoms with Crippen LogP contribution in [-0.4, -0.2) is 11.7 Å². The van der Waals surface area contributed by atoms with Crippen LogP contribution in [-0.2, 0) is 6.42 Å². The third-order valence-electron chi connectivity index (χ3n) is 3.11. The van der Waals surface area contributed by atoms with Crippen LogP contribution in [0.25, 0.3) is 11.1 Å². The molecule has 0 saturated heterocycles. The van der Waals surface area contributed by atoms with Gasteiger partial charge in [0, 0.05) is 5.56 Å². The van der Waals surface area contributed by atoms with Crippen LogP contribution in [0.3, 0.4) is 0 Å². The molecule has 0 aromatic heterocycles. The zero-order chi connectivity index (χ0) is 11.7. The maximum Gasteiger partial charge on any atom is 0.104 e. The van der Waals surface area contributed by atoms with Crippen LogP contribution in [0.15, 0.2) is 42.5 Å². The number of hydrogen-bond donors (Lipinski definition) is 1. The number of benzene rings is 2. The van der Waals surface area contributed by atoms with E-state index in [0.717, 1.165) is 12.0 Å². The summed E-state index contributed by atoms with van der Waals surface area (Å²) in [5, 5.41) is 8.69. The fourth-order valence-electron chi connectivity index (χ4n) is 2.36. The Bertz CT molecular complexity index is 629. The van der Waals surface area contributed by atoms with Crippen LogP contribution < -0.4 is 0 Å². The molecule has 0 aliphatic heterocycles. The summed E-state index contributed by atoms with van der Waals surface area (Å²) in [6.07, 6.45) is 0.986. The molecule has 2 aromatic carbocycles. The first-order valence-electron chi connectivity index (χ1n) is 5.69. The molecule has 1 N–H and O–H groups in total. The normalized spacial score (nSPS) is 11.4. The lowest BCUT2D eigenvalue weighted by atomic mass is 10.0. The molecule has 0 radical (unpaired) electrons. The Kier molecular flexibility index (Phi) is 2.44. The molecular weight excluding hydrogens is 208 g/mol. The summed E-state index contributed by atoms with van der Waals surface area (Å²) in [6, 6.07) is 14.8. The summed E-state index contributed by atoms with van der Waals surface area (Å²) in [5.74, 6) is 5.63. The quantitative estimate of drug-likeness (QED) is 0.577. The van der Waals surface area contributed by atoms with E-state index in [1.54, 1.807) is 0 Å². The number of fused-ring (bicyclic) bond motifs is 3. The molecule has 0 heterocycles. The summed E-state index contributed by atoms with van der Waals surface area (Å²) in [6.45, 7) is -0.0860. The zero-order valence-corrected chi connectivity index (χ0v) is 9.40. The summed E-state index contributed by atoms with van der Waals surface area (Å²) in [7, 11) is 0. The molecule has 3 rings (SSSR count). The van der Waals surface area contributed by atoms with E-state index in [2.05, 4.69) is 48.2 Å². The van der Waals surface area contributed by atoms with Crippen molar-refractivity contribution in [2.75, 3.05) is 6.61 Å². The minimum Gasteiger partial charge on any atom is -0.384 e. The zero-order valence-electron chi connectivity index (χ0n) is 9.40. The van der Waals surface area contributed by atoms with Crippen LogP contribution >= 0.6 is 0 Å². The molecule has 1 aliphatic carbocycles. The first-order valence-corrected chi connectivity index (χ1v) is 5.69. The fourth-order valence-corrected chi connectivity index (χ4v) is 2.36. The Morgan fingerprint density at radius 2 is 1.82 bits per heavy atom. The van der Waals surface area contributed by atoms with Crippen LogP contribution in [0.1, 0.15) is 16.7 Å². The minimum absolute atomic E-state index is 0.0860. The van der Waals surface area contributed by atoms with Crippen molar-refractivity contribution in [3.63, 3.8) is 0 Å². The maximum atomic E-state index is 8.69. The van der Waals surface area contributed by atoms with E-state index >= 15 is 0 Å². The van der Waals surface area contributed by atoms with Crippen molar-refractivity contribution >= 4 is 0 Å². The van der Waals surface area contributed by atoms with Gasteiger partial charge in [0.1, 0.15) is 6.61 Å². The third kappa shape index (κ3) is 1.73. The van der Waals surface area contributed by atoms with E-state index in [4.69, 9.17) is 5.11 Å². The monoisotopic (exact) mass is 220 g/mol. The average molecular weight is 220 g/mol. The second-order valence-electron chi connectivity index (χ2n) is 4.17. The summed E-state index contributed by atoms with van der Waals surface area (Å²) in [4.78, 5) is 0. The van der Waals surface area contributed by atoms with Gasteiger partial charge in [0.2, 0.25) is 0 Å². The summed E-state index contributed by atoms with van der Waals surface area (Å²) >= 11 is 0. The van der Waals surface area contributed by atoms with E-state index in [1.807, 2.05) is 6.07 Å². The lowest BCUT2D eigenvalue weighted by Gasteiger charge is -2.00. The van der Waals surface area contributed by atoms with Crippen molar-refractivity contribution in [3.8, 4) is 23.0 Å². The fraction of sp³-hybridized carbons (Fsp3) is 0.125. The van der Waals surface area contributed by atoms with Crippen LogP contribution in [0, 0.1) is 11.8 Å². The SMILES string of the molecule is OCC#Cc1ccc2c(c1)Cc1ccccc1-2. The Labute approximate surface area is 101 Å². The van der Waals surface area contributed by atoms with Gasteiger partial charge in [-0.2, -0.15) is 0 Å². The van der Waals surface area contributed by atoms with Crippen molar-refractivity contribution < 1.29 is 5.11 Å². The van der Waals surface area contributed by atoms with Crippen molar-refractivity contribution in [1.29, 1.82) is 0 Å². The Hall–Kier alpha value is -2.04. The Morgan fingerprint density at radius 1 is 1.00 bits per heavy atom. The predicted octanol–water partition coefficient (Wildman–Crippen LogP) is 2.60. The van der Waals surface area contributed by atoms with Crippen LogP contribution in [0.2, 0.25) is 0 Å². The number of rotatable bonds is 0. The first kappa shape index (κ1) is 10.1. The van der Waals surface area contributed by atoms with Crippen LogP contribution in [0.4, 0.5) is 0 Å². The molecule has 1 nitrogen and oxygen atoms in total. The molecule has 0 bridgehead atoms. The van der Waals surface area contributed by atoms with Gasteiger partial charge in [-0.15, -0.1) is 0 Å². The highest BCUT2D eigenvalue weighted by Crippen LogP contribution is 2.36. The van der Waals surface area contributed by atoms with Crippen molar-refractivity contribution in [3.05, 3.63) is 59.2 Å². The molecule has 0 amide bonds. The highest BCUT2D eigenvalue weighted by molar-refractivity contribution is 5.77. The molecular formula is C16H12O. The van der Waals surface area contributed by atoms with Gasteiger partial charge < -0.3 is 5.11 Å². The maximum absolute atomic E-state index is 8.69. The van der Waals surface area contributed by atoms with E-state index in [9.17, 15) is 0 Å². The molecule has 1 heteroatoms. The molecule has 2 aromatic rings. The first-order chi connectivity index (χ1) is 8.38. The standard InChI is InChI=1S/C16H12O/c17-9-3-4-12-7-8-16-14(10-12)11-13-5-1-2-6-15(13)16/h1-2,5-8,10,17H,9,11H2. The van der Waals surface area contributed by atoms with Gasteiger partial charge in [-0.25, -0.2) is 0 Å². The Morgan fingerprint density at radius 3 is 2.71 bits per heavy atom. The molecule has 82 valence electrons. The highest BCUT2D eigenvalue weighted by atomic mass is 16.2. The van der Waals surface area contributed by atoms with Crippen molar-refractivity contribution in [1.82, 2.24) is 0 Å². The third-order valence-corrected chi connectivity index (χ3v) is 3.11. The molecule has 0 fully saturated rings. The van der Waals surface area contributed by atoms with E-state index in [0.29, 0.717) is 0 Å². The van der Waals surface area contributed by atoms with Crippen molar-refractivity contribution in [2.45, 2.75) is 6.42 Å². The average Bonchev–Trinajstić information content (AvgIpc) is 2.74. The van der Waals surface area contributed by atoms with Gasteiger partial charge in [0.25, 0.3) is 0 Å². The molecule has 0 unspecified atom stereocenters. The van der Waals surface area contributed by atoms with Gasteiger partial charge in [-0.3, -0.25) is 0 Å². The molecule has 0 spiro atoms. The highest BCUT2D eigenvalue weighted by Gasteiger charge is 2.17. The number of aliphatic hydroxyl groups is 1. The van der Waals surface area contributed by atoms with E-state index in [1.165, 1.54) is 22.3 Å². The molecule has 0 atom stereocenters.